The third kappa shape index (κ3) is 3.54. The predicted octanol–water partition coefficient (Wildman–Crippen LogP) is 2.23. The van der Waals surface area contributed by atoms with Gasteiger partial charge in [0, 0.05) is 24.9 Å². The van der Waals surface area contributed by atoms with Crippen molar-refractivity contribution in [1.82, 2.24) is 4.98 Å². The van der Waals surface area contributed by atoms with E-state index in [-0.39, 0.29) is 0 Å². The highest BCUT2D eigenvalue weighted by molar-refractivity contribution is 7.99. The van der Waals surface area contributed by atoms with Gasteiger partial charge in [-0.25, -0.2) is 4.98 Å². The number of anilines is 2. The van der Waals surface area contributed by atoms with E-state index in [9.17, 15) is 0 Å². The number of ether oxygens (including phenoxy) is 1. The first-order valence-corrected chi connectivity index (χ1v) is 8.20. The van der Waals surface area contributed by atoms with Crippen LogP contribution in [-0.2, 0) is 4.74 Å². The molecule has 3 heterocycles. The molecule has 0 saturated carbocycles. The third-order valence-corrected chi connectivity index (χ3v) is 4.83. The van der Waals surface area contributed by atoms with Gasteiger partial charge in [0.25, 0.3) is 0 Å². The van der Waals surface area contributed by atoms with Gasteiger partial charge < -0.3 is 15.0 Å². The van der Waals surface area contributed by atoms with Gasteiger partial charge in [-0.05, 0) is 30.7 Å². The van der Waals surface area contributed by atoms with Crippen LogP contribution < -0.4 is 10.2 Å². The molecule has 1 atom stereocenters. The fourth-order valence-electron chi connectivity index (χ4n) is 2.54. The molecule has 1 N–H and O–H groups in total. The molecule has 1 aromatic heterocycles. The summed E-state index contributed by atoms with van der Waals surface area (Å²) in [6.07, 6.45) is 4.56. The molecule has 0 radical (unpaired) electrons. The minimum absolute atomic E-state index is 0.606. The van der Waals surface area contributed by atoms with Crippen molar-refractivity contribution >= 4 is 23.3 Å². The van der Waals surface area contributed by atoms with Crippen molar-refractivity contribution in [1.29, 1.82) is 0 Å². The van der Waals surface area contributed by atoms with E-state index in [1.54, 1.807) is 0 Å². The van der Waals surface area contributed by atoms with E-state index < -0.39 is 0 Å². The van der Waals surface area contributed by atoms with Gasteiger partial charge in [0.2, 0.25) is 0 Å². The Morgan fingerprint density at radius 2 is 2.21 bits per heavy atom. The molecule has 2 aliphatic rings. The molecule has 3 rings (SSSR count). The number of hydrogen-bond donors (Lipinski definition) is 1. The van der Waals surface area contributed by atoms with Crippen LogP contribution in [0.4, 0.5) is 11.5 Å². The summed E-state index contributed by atoms with van der Waals surface area (Å²) in [4.78, 5) is 6.85. The van der Waals surface area contributed by atoms with Crippen molar-refractivity contribution in [3.05, 3.63) is 18.3 Å². The van der Waals surface area contributed by atoms with Gasteiger partial charge in [0.15, 0.2) is 0 Å². The van der Waals surface area contributed by atoms with Gasteiger partial charge in [-0.3, -0.25) is 0 Å². The number of nitrogens with zero attached hydrogens (tertiary/aromatic N) is 2. The summed E-state index contributed by atoms with van der Waals surface area (Å²) >= 11 is 2.04. The van der Waals surface area contributed by atoms with E-state index in [4.69, 9.17) is 4.74 Å². The van der Waals surface area contributed by atoms with Crippen molar-refractivity contribution in [2.24, 2.45) is 0 Å². The first-order chi connectivity index (χ1) is 9.42. The summed E-state index contributed by atoms with van der Waals surface area (Å²) in [7, 11) is 0. The fourth-order valence-corrected chi connectivity index (χ4v) is 3.61. The molecule has 0 amide bonds. The van der Waals surface area contributed by atoms with Gasteiger partial charge in [0.1, 0.15) is 5.82 Å². The molecule has 0 aliphatic carbocycles. The number of hydrogen-bond acceptors (Lipinski definition) is 5. The molecular formula is C14H21N3OS. The normalized spacial score (nSPS) is 24.2. The van der Waals surface area contributed by atoms with E-state index in [0.717, 1.165) is 37.8 Å². The predicted molar refractivity (Wildman–Crippen MR) is 81.2 cm³/mol. The van der Waals surface area contributed by atoms with Gasteiger partial charge in [0.05, 0.1) is 25.1 Å². The number of nitrogens with one attached hydrogen (secondary N) is 1. The van der Waals surface area contributed by atoms with E-state index >= 15 is 0 Å². The Labute approximate surface area is 118 Å². The summed E-state index contributed by atoms with van der Waals surface area (Å²) in [5.41, 5.74) is 1.14. The molecule has 1 unspecified atom stereocenters. The van der Waals surface area contributed by atoms with Crippen molar-refractivity contribution in [3.8, 4) is 0 Å². The molecule has 5 heteroatoms. The Morgan fingerprint density at radius 3 is 2.89 bits per heavy atom. The lowest BCUT2D eigenvalue weighted by molar-refractivity contribution is 0.122. The number of rotatable bonds is 3. The molecule has 0 spiro atoms. The van der Waals surface area contributed by atoms with E-state index in [0.29, 0.717) is 6.04 Å². The maximum absolute atomic E-state index is 5.36. The highest BCUT2D eigenvalue weighted by Gasteiger charge is 2.15. The first-order valence-electron chi connectivity index (χ1n) is 7.05. The van der Waals surface area contributed by atoms with Crippen molar-refractivity contribution in [3.63, 3.8) is 0 Å². The Morgan fingerprint density at radius 1 is 1.32 bits per heavy atom. The second kappa shape index (κ2) is 6.48. The number of thioether (sulfide) groups is 1. The molecule has 1 aromatic rings. The van der Waals surface area contributed by atoms with Crippen LogP contribution in [0.15, 0.2) is 18.3 Å². The smallest absolute Gasteiger partial charge is 0.128 e. The van der Waals surface area contributed by atoms with Crippen molar-refractivity contribution in [2.45, 2.75) is 18.9 Å². The zero-order valence-corrected chi connectivity index (χ0v) is 12.0. The van der Waals surface area contributed by atoms with Crippen LogP contribution >= 0.6 is 11.8 Å². The average molecular weight is 279 g/mol. The minimum Gasteiger partial charge on any atom is -0.380 e. The van der Waals surface area contributed by atoms with Crippen LogP contribution in [0.2, 0.25) is 0 Å². The quantitative estimate of drug-likeness (QED) is 0.918. The monoisotopic (exact) mass is 279 g/mol. The van der Waals surface area contributed by atoms with E-state index in [1.807, 2.05) is 18.0 Å². The highest BCUT2D eigenvalue weighted by Crippen LogP contribution is 2.21. The Bertz CT molecular complexity index is 386. The van der Waals surface area contributed by atoms with Crippen LogP contribution in [0.3, 0.4) is 0 Å². The summed E-state index contributed by atoms with van der Waals surface area (Å²) in [5.74, 6) is 3.59. The van der Waals surface area contributed by atoms with Gasteiger partial charge in [-0.2, -0.15) is 11.8 Å². The maximum Gasteiger partial charge on any atom is 0.128 e. The average Bonchev–Trinajstić information content (AvgIpc) is 2.50. The molecule has 2 fully saturated rings. The molecule has 2 saturated heterocycles. The zero-order chi connectivity index (χ0) is 12.9. The second-order valence-corrected chi connectivity index (χ2v) is 6.21. The number of aromatic nitrogens is 1. The second-order valence-electron chi connectivity index (χ2n) is 5.06. The van der Waals surface area contributed by atoms with Gasteiger partial charge in [-0.1, -0.05) is 0 Å². The molecule has 0 aromatic carbocycles. The Hall–Kier alpha value is -0.940. The van der Waals surface area contributed by atoms with Crippen LogP contribution in [0.1, 0.15) is 12.8 Å². The molecular weight excluding hydrogens is 258 g/mol. The maximum atomic E-state index is 5.36. The van der Waals surface area contributed by atoms with Crippen LogP contribution in [0, 0.1) is 0 Å². The molecule has 2 aliphatic heterocycles. The molecule has 19 heavy (non-hydrogen) atoms. The number of pyridine rings is 1. The largest absolute Gasteiger partial charge is 0.380 e. The minimum atomic E-state index is 0.606. The number of morpholine rings is 1. The summed E-state index contributed by atoms with van der Waals surface area (Å²) in [5, 5.41) is 3.58. The Balaban J connectivity index is 1.58. The molecule has 4 nitrogen and oxygen atoms in total. The first kappa shape index (κ1) is 13.1. The van der Waals surface area contributed by atoms with Gasteiger partial charge in [-0.15, -0.1) is 0 Å². The highest BCUT2D eigenvalue weighted by atomic mass is 32.2. The standard InChI is InChI=1S/C14H21N3OS/c1-2-13(11-19-9-1)16-12-3-4-14(15-10-12)17-5-7-18-8-6-17/h3-4,10,13,16H,1-2,5-9,11H2. The van der Waals surface area contributed by atoms with Crippen LogP contribution in [-0.4, -0.2) is 48.8 Å². The lowest BCUT2D eigenvalue weighted by Crippen LogP contribution is -2.36. The van der Waals surface area contributed by atoms with Crippen molar-refractivity contribution in [2.75, 3.05) is 48.0 Å². The SMILES string of the molecule is c1cc(N2CCOCC2)ncc1NC1CCCSC1. The topological polar surface area (TPSA) is 37.4 Å². The van der Waals surface area contributed by atoms with Crippen molar-refractivity contribution < 1.29 is 4.74 Å². The van der Waals surface area contributed by atoms with Crippen LogP contribution in [0.5, 0.6) is 0 Å². The Kier molecular flexibility index (Phi) is 4.45. The lowest BCUT2D eigenvalue weighted by Gasteiger charge is -2.28. The van der Waals surface area contributed by atoms with E-state index in [1.165, 1.54) is 24.3 Å². The summed E-state index contributed by atoms with van der Waals surface area (Å²) < 4.78 is 5.36. The summed E-state index contributed by atoms with van der Waals surface area (Å²) in [6, 6.07) is 4.87. The zero-order valence-electron chi connectivity index (χ0n) is 11.2. The molecule has 104 valence electrons. The summed E-state index contributed by atoms with van der Waals surface area (Å²) in [6.45, 7) is 3.50. The third-order valence-electron chi connectivity index (χ3n) is 3.61. The van der Waals surface area contributed by atoms with Gasteiger partial charge >= 0.3 is 0 Å². The lowest BCUT2D eigenvalue weighted by atomic mass is 10.2. The fraction of sp³-hybridized carbons (Fsp3) is 0.643. The van der Waals surface area contributed by atoms with E-state index in [2.05, 4.69) is 27.3 Å². The van der Waals surface area contributed by atoms with Crippen LogP contribution in [0.25, 0.3) is 0 Å². The molecule has 0 bridgehead atoms.